The summed E-state index contributed by atoms with van der Waals surface area (Å²) >= 11 is 0. The Kier molecular flexibility index (Phi) is 4.02. The summed E-state index contributed by atoms with van der Waals surface area (Å²) in [6.45, 7) is 1.72. The number of methoxy groups -OCH3 is 2. The highest BCUT2D eigenvalue weighted by atomic mass is 16.5. The smallest absolute Gasteiger partial charge is 0.306 e. The van der Waals surface area contributed by atoms with E-state index in [1.807, 2.05) is 6.07 Å². The Balaban J connectivity index is 2.28. The summed E-state index contributed by atoms with van der Waals surface area (Å²) in [5.41, 5.74) is 1.15. The predicted molar refractivity (Wildman–Crippen MR) is 73.7 cm³/mol. The zero-order valence-corrected chi connectivity index (χ0v) is 11.6. The number of ether oxygens (including phenoxy) is 2. The van der Waals surface area contributed by atoms with Crippen molar-refractivity contribution in [3.63, 3.8) is 0 Å². The van der Waals surface area contributed by atoms with E-state index in [-0.39, 0.29) is 12.3 Å². The number of benzene rings is 1. The molecule has 20 heavy (non-hydrogen) atoms. The Bertz CT molecular complexity index is 568. The van der Waals surface area contributed by atoms with Crippen LogP contribution in [0.5, 0.6) is 5.75 Å². The van der Waals surface area contributed by atoms with Gasteiger partial charge in [-0.3, -0.25) is 9.59 Å². The summed E-state index contributed by atoms with van der Waals surface area (Å²) in [6.07, 6.45) is -0.00366. The number of esters is 1. The van der Waals surface area contributed by atoms with Crippen LogP contribution in [0.2, 0.25) is 0 Å². The van der Waals surface area contributed by atoms with E-state index in [0.29, 0.717) is 17.1 Å². The number of nitrogens with zero attached hydrogens (tertiary/aromatic N) is 2. The Labute approximate surface area is 117 Å². The normalized spacial score (nSPS) is 17.9. The number of hydrogen-bond acceptors (Lipinski definition) is 5. The molecule has 0 fully saturated rings. The molecule has 1 aliphatic rings. The first kappa shape index (κ1) is 14.0. The standard InChI is InChI=1S/C14H16N2O4/c1-9-10(8-13(17)20-3)14(18)16(15-9)11-6-4-5-7-12(11)19-2/h4-7,10H,8H2,1-3H3. The molecule has 1 aliphatic heterocycles. The zero-order valence-electron chi connectivity index (χ0n) is 11.6. The van der Waals surface area contributed by atoms with Crippen LogP contribution in [0, 0.1) is 5.92 Å². The van der Waals surface area contributed by atoms with Crippen LogP contribution < -0.4 is 9.75 Å². The molecule has 2 rings (SSSR count). The Hall–Kier alpha value is -2.37. The summed E-state index contributed by atoms with van der Waals surface area (Å²) < 4.78 is 9.83. The SMILES string of the molecule is COC(=O)CC1C(=O)N(c2ccccc2OC)N=C1C. The van der Waals surface area contributed by atoms with Crippen molar-refractivity contribution >= 4 is 23.3 Å². The number of anilines is 1. The molecule has 1 heterocycles. The van der Waals surface area contributed by atoms with Crippen molar-refractivity contribution in [2.45, 2.75) is 13.3 Å². The highest BCUT2D eigenvalue weighted by Gasteiger charge is 2.37. The first-order chi connectivity index (χ1) is 9.58. The molecular formula is C14H16N2O4. The fourth-order valence-electron chi connectivity index (χ4n) is 2.07. The van der Waals surface area contributed by atoms with Crippen LogP contribution in [0.25, 0.3) is 0 Å². The lowest BCUT2D eigenvalue weighted by Gasteiger charge is -2.16. The van der Waals surface area contributed by atoms with Gasteiger partial charge in [0.05, 0.1) is 26.6 Å². The number of carbonyl (C=O) groups excluding carboxylic acids is 2. The van der Waals surface area contributed by atoms with Gasteiger partial charge in [0.25, 0.3) is 5.91 Å². The van der Waals surface area contributed by atoms with Gasteiger partial charge in [-0.25, -0.2) is 0 Å². The van der Waals surface area contributed by atoms with E-state index in [1.54, 1.807) is 25.1 Å². The summed E-state index contributed by atoms with van der Waals surface area (Å²) in [5.74, 6) is -0.708. The fourth-order valence-corrected chi connectivity index (χ4v) is 2.07. The molecular weight excluding hydrogens is 260 g/mol. The maximum Gasteiger partial charge on any atom is 0.306 e. The Morgan fingerprint density at radius 3 is 2.70 bits per heavy atom. The van der Waals surface area contributed by atoms with Crippen LogP contribution in [0.3, 0.4) is 0 Å². The molecule has 1 atom stereocenters. The van der Waals surface area contributed by atoms with Crippen LogP contribution in [-0.2, 0) is 14.3 Å². The molecule has 0 aromatic heterocycles. The van der Waals surface area contributed by atoms with Gasteiger partial charge < -0.3 is 9.47 Å². The quantitative estimate of drug-likeness (QED) is 0.783. The molecule has 1 amide bonds. The van der Waals surface area contributed by atoms with Crippen LogP contribution in [0.4, 0.5) is 5.69 Å². The van der Waals surface area contributed by atoms with Crippen molar-refractivity contribution in [1.82, 2.24) is 0 Å². The second-order valence-electron chi connectivity index (χ2n) is 4.40. The molecule has 0 N–H and O–H groups in total. The molecule has 1 unspecified atom stereocenters. The first-order valence-electron chi connectivity index (χ1n) is 6.17. The molecule has 6 heteroatoms. The molecule has 0 saturated carbocycles. The molecule has 1 aromatic carbocycles. The van der Waals surface area contributed by atoms with Crippen molar-refractivity contribution in [1.29, 1.82) is 0 Å². The van der Waals surface area contributed by atoms with Gasteiger partial charge in [-0.15, -0.1) is 0 Å². The highest BCUT2D eigenvalue weighted by molar-refractivity contribution is 6.16. The zero-order chi connectivity index (χ0) is 14.7. The highest BCUT2D eigenvalue weighted by Crippen LogP contribution is 2.32. The molecule has 0 spiro atoms. The molecule has 106 valence electrons. The lowest BCUT2D eigenvalue weighted by atomic mass is 10.0. The summed E-state index contributed by atoms with van der Waals surface area (Å²) in [5, 5.41) is 5.51. The summed E-state index contributed by atoms with van der Waals surface area (Å²) in [6, 6.07) is 7.10. The third-order valence-corrected chi connectivity index (χ3v) is 3.18. The maximum atomic E-state index is 12.4. The monoisotopic (exact) mass is 276 g/mol. The van der Waals surface area contributed by atoms with Gasteiger partial charge in [-0.1, -0.05) is 12.1 Å². The number of carbonyl (C=O) groups is 2. The molecule has 0 bridgehead atoms. The van der Waals surface area contributed by atoms with Gasteiger partial charge in [0.15, 0.2) is 0 Å². The number of hydrogen-bond donors (Lipinski definition) is 0. The molecule has 0 radical (unpaired) electrons. The number of rotatable bonds is 4. The van der Waals surface area contributed by atoms with Gasteiger partial charge in [-0.05, 0) is 19.1 Å². The topological polar surface area (TPSA) is 68.2 Å². The van der Waals surface area contributed by atoms with Crippen molar-refractivity contribution in [2.24, 2.45) is 11.0 Å². The van der Waals surface area contributed by atoms with Gasteiger partial charge in [0.1, 0.15) is 11.4 Å². The number of amides is 1. The Morgan fingerprint density at radius 2 is 2.05 bits per heavy atom. The summed E-state index contributed by atoms with van der Waals surface area (Å²) in [4.78, 5) is 23.7. The van der Waals surface area contributed by atoms with Gasteiger partial charge >= 0.3 is 5.97 Å². The minimum atomic E-state index is -0.577. The van der Waals surface area contributed by atoms with Crippen molar-refractivity contribution in [3.05, 3.63) is 24.3 Å². The molecule has 1 aromatic rings. The molecule has 0 aliphatic carbocycles. The second kappa shape index (κ2) is 5.73. The van der Waals surface area contributed by atoms with Crippen LogP contribution in [-0.4, -0.2) is 31.8 Å². The Morgan fingerprint density at radius 1 is 1.35 bits per heavy atom. The van der Waals surface area contributed by atoms with Crippen LogP contribution in [0.1, 0.15) is 13.3 Å². The lowest BCUT2D eigenvalue weighted by Crippen LogP contribution is -2.29. The summed E-state index contributed by atoms with van der Waals surface area (Å²) in [7, 11) is 2.83. The molecule has 0 saturated heterocycles. The van der Waals surface area contributed by atoms with Gasteiger partial charge in [0, 0.05) is 5.71 Å². The fraction of sp³-hybridized carbons (Fsp3) is 0.357. The number of hydrazone groups is 1. The third kappa shape index (κ3) is 2.49. The lowest BCUT2D eigenvalue weighted by molar-refractivity contribution is -0.142. The number of para-hydroxylation sites is 2. The van der Waals surface area contributed by atoms with E-state index in [1.165, 1.54) is 19.2 Å². The third-order valence-electron chi connectivity index (χ3n) is 3.18. The van der Waals surface area contributed by atoms with E-state index in [9.17, 15) is 9.59 Å². The van der Waals surface area contributed by atoms with E-state index in [0.717, 1.165) is 0 Å². The van der Waals surface area contributed by atoms with E-state index < -0.39 is 11.9 Å². The van der Waals surface area contributed by atoms with E-state index in [4.69, 9.17) is 4.74 Å². The average molecular weight is 276 g/mol. The van der Waals surface area contributed by atoms with Crippen LogP contribution >= 0.6 is 0 Å². The van der Waals surface area contributed by atoms with Crippen molar-refractivity contribution < 1.29 is 19.1 Å². The van der Waals surface area contributed by atoms with Gasteiger partial charge in [0.2, 0.25) is 0 Å². The first-order valence-corrected chi connectivity index (χ1v) is 6.17. The van der Waals surface area contributed by atoms with Gasteiger partial charge in [-0.2, -0.15) is 10.1 Å². The molecule has 6 nitrogen and oxygen atoms in total. The maximum absolute atomic E-state index is 12.4. The van der Waals surface area contributed by atoms with E-state index >= 15 is 0 Å². The van der Waals surface area contributed by atoms with Crippen molar-refractivity contribution in [2.75, 3.05) is 19.2 Å². The van der Waals surface area contributed by atoms with Crippen molar-refractivity contribution in [3.8, 4) is 5.75 Å². The predicted octanol–water partition coefficient (Wildman–Crippen LogP) is 1.60. The average Bonchev–Trinajstić information content (AvgIpc) is 2.75. The van der Waals surface area contributed by atoms with E-state index in [2.05, 4.69) is 9.84 Å². The largest absolute Gasteiger partial charge is 0.494 e. The second-order valence-corrected chi connectivity index (χ2v) is 4.40. The minimum Gasteiger partial charge on any atom is -0.494 e. The minimum absolute atomic E-state index is 0.00366. The van der Waals surface area contributed by atoms with Crippen LogP contribution in [0.15, 0.2) is 29.4 Å².